The van der Waals surface area contributed by atoms with Crippen molar-refractivity contribution in [1.29, 1.82) is 0 Å². The number of pyridine rings is 2. The maximum atomic E-state index is 12.7. The molecular formula is C25H22N6O2. The van der Waals surface area contributed by atoms with Gasteiger partial charge in [-0.2, -0.15) is 5.10 Å². The van der Waals surface area contributed by atoms with Crippen LogP contribution in [0.1, 0.15) is 27.4 Å². The van der Waals surface area contributed by atoms with Crippen LogP contribution < -0.4 is 10.1 Å². The third-order valence-electron chi connectivity index (χ3n) is 5.13. The van der Waals surface area contributed by atoms with Crippen molar-refractivity contribution < 1.29 is 9.53 Å². The number of imidazole rings is 1. The number of amides is 1. The number of anilines is 1. The Labute approximate surface area is 190 Å². The van der Waals surface area contributed by atoms with E-state index in [-0.39, 0.29) is 5.91 Å². The SMILES string of the molecule is Cc1cc(C)n(-c2ccc(C(=O)Nc3cccc(OCc4cn5ccccc5n4)c3)cn2)n1. The molecular weight excluding hydrogens is 416 g/mol. The van der Waals surface area contributed by atoms with Gasteiger partial charge < -0.3 is 14.5 Å². The zero-order valence-corrected chi connectivity index (χ0v) is 18.3. The summed E-state index contributed by atoms with van der Waals surface area (Å²) in [6.45, 7) is 4.23. The average Bonchev–Trinajstić information content (AvgIpc) is 3.40. The largest absolute Gasteiger partial charge is 0.487 e. The number of carbonyl (C=O) groups excluding carboxylic acids is 1. The fraction of sp³-hybridized carbons (Fsp3) is 0.120. The molecule has 1 aromatic carbocycles. The summed E-state index contributed by atoms with van der Waals surface area (Å²) in [6.07, 6.45) is 5.43. The van der Waals surface area contributed by atoms with Gasteiger partial charge in [0.15, 0.2) is 5.82 Å². The Hall–Kier alpha value is -4.46. The van der Waals surface area contributed by atoms with Gasteiger partial charge >= 0.3 is 0 Å². The molecule has 0 spiro atoms. The van der Waals surface area contributed by atoms with Gasteiger partial charge in [-0.25, -0.2) is 14.6 Å². The minimum atomic E-state index is -0.250. The Bertz CT molecular complexity index is 1400. The number of fused-ring (bicyclic) bond motifs is 1. The molecule has 5 aromatic rings. The van der Waals surface area contributed by atoms with Gasteiger partial charge in [-0.1, -0.05) is 12.1 Å². The summed E-state index contributed by atoms with van der Waals surface area (Å²) < 4.78 is 9.58. The number of nitrogens with zero attached hydrogens (tertiary/aromatic N) is 5. The third kappa shape index (κ3) is 4.45. The first kappa shape index (κ1) is 20.4. The number of nitrogens with one attached hydrogen (secondary N) is 1. The van der Waals surface area contributed by atoms with Crippen LogP contribution in [0.3, 0.4) is 0 Å². The molecule has 1 amide bonds. The maximum Gasteiger partial charge on any atom is 0.257 e. The zero-order chi connectivity index (χ0) is 22.8. The summed E-state index contributed by atoms with van der Waals surface area (Å²) in [6, 6.07) is 18.6. The van der Waals surface area contributed by atoms with Crippen molar-refractivity contribution in [3.8, 4) is 11.6 Å². The number of ether oxygens (including phenoxy) is 1. The smallest absolute Gasteiger partial charge is 0.257 e. The maximum absolute atomic E-state index is 12.7. The number of carbonyl (C=O) groups is 1. The molecule has 0 atom stereocenters. The first-order valence-corrected chi connectivity index (χ1v) is 10.5. The fourth-order valence-electron chi connectivity index (χ4n) is 3.59. The predicted octanol–water partition coefficient (Wildman–Crippen LogP) is 4.36. The van der Waals surface area contributed by atoms with Crippen LogP contribution in [0.15, 0.2) is 79.3 Å². The fourth-order valence-corrected chi connectivity index (χ4v) is 3.59. The van der Waals surface area contributed by atoms with Crippen LogP contribution in [0.5, 0.6) is 5.75 Å². The highest BCUT2D eigenvalue weighted by molar-refractivity contribution is 6.04. The van der Waals surface area contributed by atoms with Gasteiger partial charge in [0.1, 0.15) is 18.0 Å². The molecule has 4 aromatic heterocycles. The molecule has 8 nitrogen and oxygen atoms in total. The van der Waals surface area contributed by atoms with Crippen molar-refractivity contribution in [3.63, 3.8) is 0 Å². The molecule has 8 heteroatoms. The van der Waals surface area contributed by atoms with Crippen molar-refractivity contribution >= 4 is 17.2 Å². The highest BCUT2D eigenvalue weighted by Gasteiger charge is 2.10. The third-order valence-corrected chi connectivity index (χ3v) is 5.13. The van der Waals surface area contributed by atoms with Gasteiger partial charge in [-0.05, 0) is 56.3 Å². The van der Waals surface area contributed by atoms with E-state index >= 15 is 0 Å². The Morgan fingerprint density at radius 2 is 1.97 bits per heavy atom. The van der Waals surface area contributed by atoms with Crippen LogP contribution in [0, 0.1) is 13.8 Å². The molecule has 0 saturated carbocycles. The van der Waals surface area contributed by atoms with E-state index in [4.69, 9.17) is 4.74 Å². The van der Waals surface area contributed by atoms with Crippen molar-refractivity contribution in [2.24, 2.45) is 0 Å². The second-order valence-corrected chi connectivity index (χ2v) is 7.71. The Kier molecular flexibility index (Phi) is 5.32. The summed E-state index contributed by atoms with van der Waals surface area (Å²) in [4.78, 5) is 21.6. The number of aryl methyl sites for hydroxylation is 2. The van der Waals surface area contributed by atoms with E-state index in [0.717, 1.165) is 22.7 Å². The van der Waals surface area contributed by atoms with Crippen LogP contribution in [0.25, 0.3) is 11.5 Å². The molecule has 0 saturated heterocycles. The van der Waals surface area contributed by atoms with E-state index in [0.29, 0.717) is 29.4 Å². The normalized spacial score (nSPS) is 11.0. The Balaban J connectivity index is 1.24. The standard InChI is InChI=1S/C25H22N6O2/c1-17-12-18(2)31(29-17)23-10-9-19(14-26-23)25(32)28-20-6-5-7-22(13-20)33-16-21-15-30-11-4-3-8-24(30)27-21/h3-15H,16H2,1-2H3,(H,28,32). The number of hydrogen-bond donors (Lipinski definition) is 1. The molecule has 0 fully saturated rings. The van der Waals surface area contributed by atoms with Crippen molar-refractivity contribution in [2.45, 2.75) is 20.5 Å². The lowest BCUT2D eigenvalue weighted by Crippen LogP contribution is -2.13. The molecule has 4 heterocycles. The highest BCUT2D eigenvalue weighted by Crippen LogP contribution is 2.20. The monoisotopic (exact) mass is 438 g/mol. The van der Waals surface area contributed by atoms with Gasteiger partial charge in [0.2, 0.25) is 0 Å². The Morgan fingerprint density at radius 3 is 2.73 bits per heavy atom. The molecule has 1 N–H and O–H groups in total. The van der Waals surface area contributed by atoms with Gasteiger partial charge in [-0.3, -0.25) is 4.79 Å². The number of hydrogen-bond acceptors (Lipinski definition) is 5. The predicted molar refractivity (Wildman–Crippen MR) is 125 cm³/mol. The van der Waals surface area contributed by atoms with Gasteiger partial charge in [0.25, 0.3) is 5.91 Å². The van der Waals surface area contributed by atoms with Crippen LogP contribution in [0.4, 0.5) is 5.69 Å². The summed E-state index contributed by atoms with van der Waals surface area (Å²) >= 11 is 0. The van der Waals surface area contributed by atoms with E-state index in [1.165, 1.54) is 0 Å². The minimum absolute atomic E-state index is 0.250. The van der Waals surface area contributed by atoms with Crippen molar-refractivity contribution in [1.82, 2.24) is 24.1 Å². The van der Waals surface area contributed by atoms with Gasteiger partial charge in [-0.15, -0.1) is 0 Å². The summed E-state index contributed by atoms with van der Waals surface area (Å²) in [5, 5.41) is 7.31. The second kappa shape index (κ2) is 8.58. The van der Waals surface area contributed by atoms with Crippen LogP contribution in [-0.4, -0.2) is 30.1 Å². The number of aromatic nitrogens is 5. The van der Waals surface area contributed by atoms with Gasteiger partial charge in [0.05, 0.1) is 17.0 Å². The van der Waals surface area contributed by atoms with E-state index < -0.39 is 0 Å². The quantitative estimate of drug-likeness (QED) is 0.426. The summed E-state index contributed by atoms with van der Waals surface area (Å²) in [5.74, 6) is 1.06. The summed E-state index contributed by atoms with van der Waals surface area (Å²) in [5.41, 5.74) is 4.68. The molecule has 0 aliphatic carbocycles. The molecule has 0 aliphatic rings. The van der Waals surface area contributed by atoms with Crippen LogP contribution in [-0.2, 0) is 6.61 Å². The summed E-state index contributed by atoms with van der Waals surface area (Å²) in [7, 11) is 0. The van der Waals surface area contributed by atoms with Crippen LogP contribution >= 0.6 is 0 Å². The van der Waals surface area contributed by atoms with E-state index in [1.807, 2.05) is 73.1 Å². The molecule has 0 aliphatic heterocycles. The molecule has 0 unspecified atom stereocenters. The lowest BCUT2D eigenvalue weighted by Gasteiger charge is -2.09. The number of benzene rings is 1. The average molecular weight is 438 g/mol. The molecule has 0 bridgehead atoms. The minimum Gasteiger partial charge on any atom is -0.487 e. The first-order chi connectivity index (χ1) is 16.0. The lowest BCUT2D eigenvalue weighted by molar-refractivity contribution is 0.102. The topological polar surface area (TPSA) is 86.3 Å². The van der Waals surface area contributed by atoms with Crippen molar-refractivity contribution in [2.75, 3.05) is 5.32 Å². The number of rotatable bonds is 6. The highest BCUT2D eigenvalue weighted by atomic mass is 16.5. The molecule has 5 rings (SSSR count). The molecule has 0 radical (unpaired) electrons. The van der Waals surface area contributed by atoms with E-state index in [2.05, 4.69) is 20.4 Å². The second-order valence-electron chi connectivity index (χ2n) is 7.71. The van der Waals surface area contributed by atoms with Crippen molar-refractivity contribution in [3.05, 3.63) is 102 Å². The van der Waals surface area contributed by atoms with E-state index in [1.54, 1.807) is 29.1 Å². The first-order valence-electron chi connectivity index (χ1n) is 10.5. The van der Waals surface area contributed by atoms with Gasteiger partial charge in [0, 0.05) is 36.0 Å². The Morgan fingerprint density at radius 1 is 1.06 bits per heavy atom. The van der Waals surface area contributed by atoms with Crippen LogP contribution in [0.2, 0.25) is 0 Å². The zero-order valence-electron chi connectivity index (χ0n) is 18.3. The molecule has 164 valence electrons. The molecule has 33 heavy (non-hydrogen) atoms. The lowest BCUT2D eigenvalue weighted by atomic mass is 10.2. The van der Waals surface area contributed by atoms with E-state index in [9.17, 15) is 4.79 Å².